The van der Waals surface area contributed by atoms with E-state index in [2.05, 4.69) is 29.4 Å². The van der Waals surface area contributed by atoms with Crippen molar-refractivity contribution in [1.82, 2.24) is 15.1 Å². The quantitative estimate of drug-likeness (QED) is 0.689. The first kappa shape index (κ1) is 22.5. The van der Waals surface area contributed by atoms with Gasteiger partial charge in [-0.15, -0.1) is 0 Å². The zero-order valence-electron chi connectivity index (χ0n) is 18.9. The fourth-order valence-electron chi connectivity index (χ4n) is 5.11. The van der Waals surface area contributed by atoms with Gasteiger partial charge in [-0.3, -0.25) is 14.7 Å². The lowest BCUT2D eigenvalue weighted by Gasteiger charge is -2.36. The number of nitrogens with zero attached hydrogens (tertiary/aromatic N) is 2. The number of rotatable bonds is 5. The number of aromatic amines is 1. The van der Waals surface area contributed by atoms with Crippen molar-refractivity contribution in [3.8, 4) is 0 Å². The van der Waals surface area contributed by atoms with Crippen molar-refractivity contribution in [1.29, 1.82) is 0 Å². The summed E-state index contributed by atoms with van der Waals surface area (Å²) in [5.74, 6) is 1.28. The monoisotopic (exact) mass is 440 g/mol. The van der Waals surface area contributed by atoms with E-state index < -0.39 is 11.7 Å². The third-order valence-corrected chi connectivity index (χ3v) is 7.26. The smallest absolute Gasteiger partial charge is 0.276 e. The van der Waals surface area contributed by atoms with Crippen LogP contribution in [0, 0.1) is 23.6 Å². The first-order valence-electron chi connectivity index (χ1n) is 11.8. The maximum absolute atomic E-state index is 13.8. The minimum atomic E-state index is -0.480. The maximum Gasteiger partial charge on any atom is 0.276 e. The van der Waals surface area contributed by atoms with E-state index in [0.717, 1.165) is 63.2 Å². The number of nitrogens with one attached hydrogen (secondary N) is 2. The van der Waals surface area contributed by atoms with Crippen molar-refractivity contribution in [2.24, 2.45) is 17.8 Å². The molecule has 2 amide bonds. The van der Waals surface area contributed by atoms with E-state index in [9.17, 15) is 14.0 Å². The third kappa shape index (κ3) is 5.03. The number of piperidine rings is 1. The van der Waals surface area contributed by atoms with Crippen LogP contribution in [0.5, 0.6) is 0 Å². The maximum atomic E-state index is 13.8. The number of benzene rings is 1. The standard InChI is InChI=1S/C25H33FN4O2/c1-16(2)17-7-9-19(10-8-17)25(32)30-13-11-18(12-14-30)22-15-23(29-28-22)24(31)27-21-6-4-3-5-20(21)26/h3-6,15-19H,7-14H2,1-2H3,(H,27,31)(H,28,29). The molecule has 0 atom stereocenters. The molecule has 1 saturated heterocycles. The van der Waals surface area contributed by atoms with Crippen LogP contribution in [-0.2, 0) is 4.79 Å². The zero-order valence-corrected chi connectivity index (χ0v) is 18.9. The first-order valence-corrected chi connectivity index (χ1v) is 11.8. The molecule has 4 rings (SSSR count). The van der Waals surface area contributed by atoms with Crippen LogP contribution < -0.4 is 5.32 Å². The number of carbonyl (C=O) groups excluding carboxylic acids is 2. The fourth-order valence-corrected chi connectivity index (χ4v) is 5.11. The van der Waals surface area contributed by atoms with Crippen molar-refractivity contribution in [2.45, 2.75) is 58.3 Å². The largest absolute Gasteiger partial charge is 0.342 e. The van der Waals surface area contributed by atoms with Gasteiger partial charge in [0, 0.05) is 30.6 Å². The van der Waals surface area contributed by atoms with Crippen molar-refractivity contribution in [3.63, 3.8) is 0 Å². The molecule has 2 N–H and O–H groups in total. The van der Waals surface area contributed by atoms with Gasteiger partial charge in [0.2, 0.25) is 5.91 Å². The Morgan fingerprint density at radius 1 is 1.09 bits per heavy atom. The molecule has 2 aliphatic rings. The highest BCUT2D eigenvalue weighted by Gasteiger charge is 2.33. The average Bonchev–Trinajstić information content (AvgIpc) is 3.31. The van der Waals surface area contributed by atoms with Gasteiger partial charge in [0.25, 0.3) is 5.91 Å². The van der Waals surface area contributed by atoms with E-state index in [0.29, 0.717) is 11.8 Å². The van der Waals surface area contributed by atoms with Crippen LogP contribution in [0.4, 0.5) is 10.1 Å². The van der Waals surface area contributed by atoms with Gasteiger partial charge < -0.3 is 10.2 Å². The van der Waals surface area contributed by atoms with E-state index >= 15 is 0 Å². The molecule has 2 heterocycles. The molecule has 2 fully saturated rings. The number of likely N-dealkylation sites (tertiary alicyclic amines) is 1. The highest BCUT2D eigenvalue weighted by molar-refractivity contribution is 6.03. The number of hydrogen-bond donors (Lipinski definition) is 2. The number of amides is 2. The van der Waals surface area contributed by atoms with Gasteiger partial charge in [-0.05, 0) is 68.6 Å². The molecule has 172 valence electrons. The first-order chi connectivity index (χ1) is 15.4. The summed E-state index contributed by atoms with van der Waals surface area (Å²) in [6, 6.07) is 7.80. The zero-order chi connectivity index (χ0) is 22.7. The second-order valence-electron chi connectivity index (χ2n) is 9.60. The van der Waals surface area contributed by atoms with E-state index in [1.54, 1.807) is 18.2 Å². The molecule has 6 nitrogen and oxygen atoms in total. The molecule has 0 radical (unpaired) electrons. The van der Waals surface area contributed by atoms with E-state index in [1.165, 1.54) is 12.1 Å². The molecule has 1 aliphatic heterocycles. The Labute approximate surface area is 189 Å². The predicted octanol–water partition coefficient (Wildman–Crippen LogP) is 4.97. The lowest BCUT2D eigenvalue weighted by atomic mass is 9.76. The van der Waals surface area contributed by atoms with Gasteiger partial charge in [0.15, 0.2) is 5.69 Å². The number of halogens is 1. The Balaban J connectivity index is 1.28. The Kier molecular flexibility index (Phi) is 6.92. The van der Waals surface area contributed by atoms with Gasteiger partial charge in [-0.2, -0.15) is 5.10 Å². The molecular formula is C25H33FN4O2. The minimum absolute atomic E-state index is 0.135. The van der Waals surface area contributed by atoms with Crippen LogP contribution in [-0.4, -0.2) is 40.0 Å². The fraction of sp³-hybridized carbons (Fsp3) is 0.560. The summed E-state index contributed by atoms with van der Waals surface area (Å²) in [6.45, 7) is 6.04. The van der Waals surface area contributed by atoms with Gasteiger partial charge in [0.1, 0.15) is 5.82 Å². The van der Waals surface area contributed by atoms with Crippen LogP contribution >= 0.6 is 0 Å². The number of anilines is 1. The van der Waals surface area contributed by atoms with Gasteiger partial charge >= 0.3 is 0 Å². The number of H-pyrrole nitrogens is 1. The summed E-state index contributed by atoms with van der Waals surface area (Å²) in [6.07, 6.45) is 6.06. The SMILES string of the molecule is CC(C)C1CCC(C(=O)N2CCC(c3cc(C(=O)Nc4ccccc4F)n[nH]3)CC2)CC1. The summed E-state index contributed by atoms with van der Waals surface area (Å²) in [7, 11) is 0. The van der Waals surface area contributed by atoms with Gasteiger partial charge in [-0.1, -0.05) is 26.0 Å². The Bertz CT molecular complexity index is 941. The van der Waals surface area contributed by atoms with Gasteiger partial charge in [-0.25, -0.2) is 4.39 Å². The normalized spacial score (nSPS) is 22.2. The lowest BCUT2D eigenvalue weighted by molar-refractivity contribution is -0.138. The van der Waals surface area contributed by atoms with Crippen molar-refractivity contribution >= 4 is 17.5 Å². The Hall–Kier alpha value is -2.70. The molecule has 1 aliphatic carbocycles. The van der Waals surface area contributed by atoms with Crippen LogP contribution in [0.3, 0.4) is 0 Å². The average molecular weight is 441 g/mol. The third-order valence-electron chi connectivity index (χ3n) is 7.26. The summed E-state index contributed by atoms with van der Waals surface area (Å²) < 4.78 is 13.8. The summed E-state index contributed by atoms with van der Waals surface area (Å²) >= 11 is 0. The minimum Gasteiger partial charge on any atom is -0.342 e. The number of carbonyl (C=O) groups is 2. The highest BCUT2D eigenvalue weighted by atomic mass is 19.1. The summed E-state index contributed by atoms with van der Waals surface area (Å²) in [4.78, 5) is 27.4. The molecule has 1 aromatic carbocycles. The molecule has 0 bridgehead atoms. The molecule has 2 aromatic rings. The molecule has 7 heteroatoms. The number of para-hydroxylation sites is 1. The van der Waals surface area contributed by atoms with Crippen LogP contribution in [0.1, 0.15) is 74.5 Å². The molecule has 32 heavy (non-hydrogen) atoms. The molecule has 1 aromatic heterocycles. The van der Waals surface area contributed by atoms with E-state index in [4.69, 9.17) is 0 Å². The summed E-state index contributed by atoms with van der Waals surface area (Å²) in [5.41, 5.74) is 1.27. The number of hydrogen-bond acceptors (Lipinski definition) is 3. The highest BCUT2D eigenvalue weighted by Crippen LogP contribution is 2.35. The van der Waals surface area contributed by atoms with Crippen molar-refractivity contribution < 1.29 is 14.0 Å². The van der Waals surface area contributed by atoms with Crippen molar-refractivity contribution in [3.05, 3.63) is 47.5 Å². The summed E-state index contributed by atoms with van der Waals surface area (Å²) in [5, 5.41) is 9.66. The second kappa shape index (κ2) is 9.84. The lowest BCUT2D eigenvalue weighted by Crippen LogP contribution is -2.42. The molecule has 0 spiro atoms. The number of aromatic nitrogens is 2. The second-order valence-corrected chi connectivity index (χ2v) is 9.60. The van der Waals surface area contributed by atoms with Crippen LogP contribution in [0.15, 0.2) is 30.3 Å². The van der Waals surface area contributed by atoms with Crippen LogP contribution in [0.2, 0.25) is 0 Å². The van der Waals surface area contributed by atoms with Crippen molar-refractivity contribution in [2.75, 3.05) is 18.4 Å². The molecule has 1 saturated carbocycles. The predicted molar refractivity (Wildman–Crippen MR) is 122 cm³/mol. The van der Waals surface area contributed by atoms with E-state index in [1.807, 2.05) is 4.90 Å². The Morgan fingerprint density at radius 3 is 2.44 bits per heavy atom. The molecular weight excluding hydrogens is 407 g/mol. The van der Waals surface area contributed by atoms with Crippen LogP contribution in [0.25, 0.3) is 0 Å². The topological polar surface area (TPSA) is 78.1 Å². The van der Waals surface area contributed by atoms with Gasteiger partial charge in [0.05, 0.1) is 5.69 Å². The Morgan fingerprint density at radius 2 is 1.78 bits per heavy atom. The molecule has 0 unspecified atom stereocenters. The van der Waals surface area contributed by atoms with E-state index in [-0.39, 0.29) is 23.2 Å².